The molecule has 2 rings (SSSR count). The molecule has 0 aliphatic carbocycles. The maximum Gasteiger partial charge on any atom is 0.304 e. The van der Waals surface area contributed by atoms with E-state index in [9.17, 15) is 20.1 Å². The van der Waals surface area contributed by atoms with Crippen LogP contribution in [0.25, 0.3) is 0 Å². The highest BCUT2D eigenvalue weighted by Crippen LogP contribution is 2.34. The molecular weight excluding hydrogens is 424 g/mol. The molecule has 0 bridgehead atoms. The van der Waals surface area contributed by atoms with Crippen molar-refractivity contribution in [2.24, 2.45) is 0 Å². The molecule has 3 unspecified atom stereocenters. The zero-order valence-corrected chi connectivity index (χ0v) is 21.1. The van der Waals surface area contributed by atoms with E-state index in [1.54, 1.807) is 0 Å². The Morgan fingerprint density at radius 3 is 1.74 bits per heavy atom. The van der Waals surface area contributed by atoms with Crippen LogP contribution in [0.4, 0.5) is 0 Å². The number of aliphatic hydroxyl groups excluding tert-OH is 2. The Balaban J connectivity index is 1.68. The molecule has 188 valence electrons. The van der Waals surface area contributed by atoms with Crippen LogP contribution in [-0.2, 0) is 15.6 Å². The minimum Gasteiger partial charge on any atom is -0.481 e. The Bertz CT molecular complexity index is 822. The summed E-state index contributed by atoms with van der Waals surface area (Å²) in [5.74, 6) is -0.770. The van der Waals surface area contributed by atoms with Gasteiger partial charge in [0, 0.05) is 12.0 Å². The molecule has 3 N–H and O–H groups in total. The van der Waals surface area contributed by atoms with E-state index in [1.165, 1.54) is 5.56 Å². The van der Waals surface area contributed by atoms with Crippen molar-refractivity contribution >= 4 is 5.97 Å². The van der Waals surface area contributed by atoms with Crippen molar-refractivity contribution in [3.63, 3.8) is 0 Å². The normalized spacial score (nSPS) is 15.9. The first-order valence-corrected chi connectivity index (χ1v) is 12.9. The van der Waals surface area contributed by atoms with Crippen LogP contribution in [0.3, 0.4) is 0 Å². The molecule has 0 heterocycles. The number of carbonyl (C=O) groups is 1. The van der Waals surface area contributed by atoms with E-state index in [-0.39, 0.29) is 30.0 Å². The Morgan fingerprint density at radius 1 is 0.735 bits per heavy atom. The first kappa shape index (κ1) is 28.1. The van der Waals surface area contributed by atoms with Crippen LogP contribution in [0.1, 0.15) is 95.6 Å². The Labute approximate surface area is 206 Å². The summed E-state index contributed by atoms with van der Waals surface area (Å²) in [5, 5.41) is 29.4. The van der Waals surface area contributed by atoms with Gasteiger partial charge in [-0.3, -0.25) is 4.79 Å². The molecule has 34 heavy (non-hydrogen) atoms. The van der Waals surface area contributed by atoms with Crippen molar-refractivity contribution in [1.29, 1.82) is 0 Å². The SMILES string of the molecule is CC(CCO)(CCCCCC(O)CCCCC(C)(CC(=O)O)c1ccccc1)c1ccccc1. The van der Waals surface area contributed by atoms with Crippen LogP contribution in [-0.4, -0.2) is 34.0 Å². The van der Waals surface area contributed by atoms with Crippen molar-refractivity contribution in [3.8, 4) is 0 Å². The number of aliphatic hydroxyl groups is 2. The minimum absolute atomic E-state index is 0.00399. The van der Waals surface area contributed by atoms with E-state index in [1.807, 2.05) is 43.3 Å². The van der Waals surface area contributed by atoms with E-state index in [0.717, 1.165) is 69.8 Å². The molecule has 2 aromatic carbocycles. The topological polar surface area (TPSA) is 77.8 Å². The number of rotatable bonds is 17. The molecule has 0 aliphatic rings. The summed E-state index contributed by atoms with van der Waals surface area (Å²) in [4.78, 5) is 11.4. The molecule has 0 spiro atoms. The number of hydrogen-bond donors (Lipinski definition) is 3. The molecule has 0 aliphatic heterocycles. The maximum absolute atomic E-state index is 11.4. The quantitative estimate of drug-likeness (QED) is 0.228. The van der Waals surface area contributed by atoms with Gasteiger partial charge < -0.3 is 15.3 Å². The second-order valence-electron chi connectivity index (χ2n) is 10.4. The molecule has 4 heteroatoms. The molecule has 0 amide bonds. The molecule has 0 saturated carbocycles. The molecule has 0 radical (unpaired) electrons. The lowest BCUT2D eigenvalue weighted by Crippen LogP contribution is -2.26. The number of hydrogen-bond acceptors (Lipinski definition) is 3. The van der Waals surface area contributed by atoms with E-state index in [2.05, 4.69) is 31.2 Å². The highest BCUT2D eigenvalue weighted by molar-refractivity contribution is 5.69. The van der Waals surface area contributed by atoms with Gasteiger partial charge in [-0.15, -0.1) is 0 Å². The average Bonchev–Trinajstić information content (AvgIpc) is 2.82. The standard InChI is InChI=1S/C30H44O4/c1-29(22-23-31,25-14-6-3-7-15-25)20-12-5-10-18-27(32)19-11-13-21-30(2,24-28(33)34)26-16-8-4-9-17-26/h3-4,6-9,14-17,27,31-32H,5,10-13,18-24H2,1-2H3,(H,33,34). The summed E-state index contributed by atoms with van der Waals surface area (Å²) < 4.78 is 0. The molecule has 3 atom stereocenters. The van der Waals surface area contributed by atoms with Gasteiger partial charge in [0.05, 0.1) is 12.5 Å². The van der Waals surface area contributed by atoms with Crippen molar-refractivity contribution in [2.45, 2.75) is 101 Å². The van der Waals surface area contributed by atoms with Gasteiger partial charge in [-0.25, -0.2) is 0 Å². The van der Waals surface area contributed by atoms with Gasteiger partial charge in [0.15, 0.2) is 0 Å². The van der Waals surface area contributed by atoms with Gasteiger partial charge in [0.2, 0.25) is 0 Å². The zero-order chi connectivity index (χ0) is 24.9. The van der Waals surface area contributed by atoms with Crippen LogP contribution in [0.5, 0.6) is 0 Å². The van der Waals surface area contributed by atoms with E-state index < -0.39 is 5.97 Å². The largest absolute Gasteiger partial charge is 0.481 e. The molecule has 0 aromatic heterocycles. The molecule has 4 nitrogen and oxygen atoms in total. The van der Waals surface area contributed by atoms with Crippen LogP contribution in [0.15, 0.2) is 60.7 Å². The molecule has 0 fully saturated rings. The van der Waals surface area contributed by atoms with Gasteiger partial charge in [-0.05, 0) is 48.6 Å². The lowest BCUT2D eigenvalue weighted by atomic mass is 9.75. The maximum atomic E-state index is 11.4. The van der Waals surface area contributed by atoms with Crippen molar-refractivity contribution in [2.75, 3.05) is 6.61 Å². The van der Waals surface area contributed by atoms with Gasteiger partial charge in [-0.2, -0.15) is 0 Å². The van der Waals surface area contributed by atoms with Crippen LogP contribution >= 0.6 is 0 Å². The minimum atomic E-state index is -0.770. The number of benzene rings is 2. The Morgan fingerprint density at radius 2 is 1.21 bits per heavy atom. The Hall–Kier alpha value is -2.17. The third-order valence-electron chi connectivity index (χ3n) is 7.43. The van der Waals surface area contributed by atoms with E-state index in [4.69, 9.17) is 0 Å². The first-order chi connectivity index (χ1) is 16.3. The zero-order valence-electron chi connectivity index (χ0n) is 21.1. The van der Waals surface area contributed by atoms with Crippen LogP contribution in [0.2, 0.25) is 0 Å². The molecule has 0 saturated heterocycles. The smallest absolute Gasteiger partial charge is 0.304 e. The lowest BCUT2D eigenvalue weighted by Gasteiger charge is -2.30. The van der Waals surface area contributed by atoms with Crippen molar-refractivity contribution in [1.82, 2.24) is 0 Å². The van der Waals surface area contributed by atoms with Gasteiger partial charge in [0.1, 0.15) is 0 Å². The monoisotopic (exact) mass is 468 g/mol. The summed E-state index contributed by atoms with van der Waals surface area (Å²) in [7, 11) is 0. The van der Waals surface area contributed by atoms with Crippen LogP contribution < -0.4 is 0 Å². The highest BCUT2D eigenvalue weighted by Gasteiger charge is 2.29. The predicted molar refractivity (Wildman–Crippen MR) is 139 cm³/mol. The number of carboxylic acid groups (broad SMARTS) is 1. The number of unbranched alkanes of at least 4 members (excludes halogenated alkanes) is 3. The fraction of sp³-hybridized carbons (Fsp3) is 0.567. The summed E-state index contributed by atoms with van der Waals surface area (Å²) in [6.45, 7) is 4.47. The number of carboxylic acids is 1. The lowest BCUT2D eigenvalue weighted by molar-refractivity contribution is -0.138. The summed E-state index contributed by atoms with van der Waals surface area (Å²) in [6.07, 6.45) is 9.01. The highest BCUT2D eigenvalue weighted by atomic mass is 16.4. The van der Waals surface area contributed by atoms with Crippen LogP contribution in [0, 0.1) is 0 Å². The van der Waals surface area contributed by atoms with Gasteiger partial charge in [0.25, 0.3) is 0 Å². The summed E-state index contributed by atoms with van der Waals surface area (Å²) >= 11 is 0. The fourth-order valence-electron chi connectivity index (χ4n) is 5.12. The average molecular weight is 469 g/mol. The summed E-state index contributed by atoms with van der Waals surface area (Å²) in [6, 6.07) is 20.4. The summed E-state index contributed by atoms with van der Waals surface area (Å²) in [5.41, 5.74) is 1.98. The van der Waals surface area contributed by atoms with Crippen molar-refractivity contribution < 1.29 is 20.1 Å². The second kappa shape index (κ2) is 14.3. The Kier molecular flexibility index (Phi) is 11.8. The predicted octanol–water partition coefficient (Wildman–Crippen LogP) is 6.63. The molecule has 2 aromatic rings. The fourth-order valence-corrected chi connectivity index (χ4v) is 5.12. The van der Waals surface area contributed by atoms with Gasteiger partial charge in [-0.1, -0.05) is 107 Å². The number of aliphatic carboxylic acids is 1. The first-order valence-electron chi connectivity index (χ1n) is 12.9. The second-order valence-corrected chi connectivity index (χ2v) is 10.4. The van der Waals surface area contributed by atoms with Gasteiger partial charge >= 0.3 is 5.97 Å². The van der Waals surface area contributed by atoms with E-state index >= 15 is 0 Å². The third-order valence-corrected chi connectivity index (χ3v) is 7.43. The third kappa shape index (κ3) is 9.23. The molecular formula is C30H44O4. The van der Waals surface area contributed by atoms with E-state index in [0.29, 0.717) is 0 Å². The van der Waals surface area contributed by atoms with Crippen molar-refractivity contribution in [3.05, 3.63) is 71.8 Å².